The molecule has 8 nitrogen and oxygen atoms in total. The van der Waals surface area contributed by atoms with Gasteiger partial charge in [-0.3, -0.25) is 4.98 Å². The lowest BCUT2D eigenvalue weighted by Gasteiger charge is -2.40. The Morgan fingerprint density at radius 3 is 2.76 bits per heavy atom. The van der Waals surface area contributed by atoms with E-state index in [4.69, 9.17) is 10.5 Å². The Hall–Kier alpha value is -3.41. The molecule has 0 saturated carbocycles. The first-order valence-electron chi connectivity index (χ1n) is 12.0. The summed E-state index contributed by atoms with van der Waals surface area (Å²) in [4.78, 5) is 13.3. The summed E-state index contributed by atoms with van der Waals surface area (Å²) in [5.41, 5.74) is 9.49. The average Bonchev–Trinajstić information content (AvgIpc) is 2.87. The van der Waals surface area contributed by atoms with Crippen molar-refractivity contribution in [1.29, 1.82) is 5.26 Å². The molecule has 34 heavy (non-hydrogen) atoms. The van der Waals surface area contributed by atoms with Crippen LogP contribution in [-0.4, -0.2) is 60.9 Å². The van der Waals surface area contributed by atoms with Gasteiger partial charge in [-0.25, -0.2) is 4.98 Å². The molecule has 0 spiro atoms. The third-order valence-corrected chi connectivity index (χ3v) is 6.79. The fraction of sp³-hybridized carbons (Fsp3) is 0.423. The Bertz CT molecular complexity index is 1190. The summed E-state index contributed by atoms with van der Waals surface area (Å²) in [5.74, 6) is 0.566. The Morgan fingerprint density at radius 1 is 1.12 bits per heavy atom. The number of nitrogens with two attached hydrogens (primary N) is 1. The number of morpholine rings is 1. The summed E-state index contributed by atoms with van der Waals surface area (Å²) in [5, 5.41) is 14.2. The molecule has 2 aromatic heterocycles. The summed E-state index contributed by atoms with van der Waals surface area (Å²) in [6.07, 6.45) is 5.91. The summed E-state index contributed by atoms with van der Waals surface area (Å²) in [6.45, 7) is 6.57. The number of hydrogen-bond acceptors (Lipinski definition) is 8. The zero-order chi connectivity index (χ0) is 23.5. The molecule has 1 aromatic carbocycles. The van der Waals surface area contributed by atoms with Crippen LogP contribution in [0.3, 0.4) is 0 Å². The number of nitrogens with zero attached hydrogens (tertiary/aromatic N) is 5. The van der Waals surface area contributed by atoms with E-state index in [0.717, 1.165) is 67.8 Å². The quantitative estimate of drug-likeness (QED) is 0.603. The van der Waals surface area contributed by atoms with Crippen LogP contribution in [0.4, 0.5) is 17.2 Å². The molecule has 0 aliphatic carbocycles. The molecule has 2 atom stereocenters. The predicted molar refractivity (Wildman–Crippen MR) is 135 cm³/mol. The van der Waals surface area contributed by atoms with Gasteiger partial charge in [0.25, 0.3) is 0 Å². The van der Waals surface area contributed by atoms with Crippen molar-refractivity contribution < 1.29 is 4.74 Å². The van der Waals surface area contributed by atoms with E-state index in [1.165, 1.54) is 0 Å². The molecule has 2 aliphatic heterocycles. The van der Waals surface area contributed by atoms with Crippen molar-refractivity contribution in [2.24, 2.45) is 0 Å². The Morgan fingerprint density at radius 2 is 1.97 bits per heavy atom. The van der Waals surface area contributed by atoms with Crippen LogP contribution in [0.25, 0.3) is 10.9 Å². The third kappa shape index (κ3) is 4.76. The molecule has 3 N–H and O–H groups in total. The molecule has 4 heterocycles. The average molecular weight is 458 g/mol. The molecule has 5 rings (SSSR count). The van der Waals surface area contributed by atoms with Crippen LogP contribution >= 0.6 is 0 Å². The van der Waals surface area contributed by atoms with Crippen LogP contribution in [0.5, 0.6) is 0 Å². The molecule has 176 valence electrons. The number of aromatic nitrogens is 2. The molecule has 0 radical (unpaired) electrons. The fourth-order valence-electron chi connectivity index (χ4n) is 5.15. The van der Waals surface area contributed by atoms with Crippen molar-refractivity contribution in [3.8, 4) is 6.07 Å². The Kier molecular flexibility index (Phi) is 6.48. The van der Waals surface area contributed by atoms with Gasteiger partial charge in [0.1, 0.15) is 11.9 Å². The van der Waals surface area contributed by atoms with Gasteiger partial charge >= 0.3 is 0 Å². The standard InChI is InChI=1S/C26H31N7O/c1-18-16-33(24-5-4-19(14-27)26-23(24)3-2-9-30-26)17-22(34-18)15-31-20-7-11-32(12-8-20)21-6-10-29-25(28)13-21/h2-6,9-10,13,18,20,22,31H,7-8,11-12,15-17H2,1H3,(H2,28,29)/t18-,22+/m1/s1. The minimum atomic E-state index is 0.101. The van der Waals surface area contributed by atoms with Crippen LogP contribution in [0.15, 0.2) is 48.8 Å². The topological polar surface area (TPSA) is 103 Å². The molecular weight excluding hydrogens is 426 g/mol. The minimum absolute atomic E-state index is 0.101. The van der Waals surface area contributed by atoms with Gasteiger partial charge < -0.3 is 25.6 Å². The highest BCUT2D eigenvalue weighted by Gasteiger charge is 2.28. The first-order chi connectivity index (χ1) is 16.6. The van der Waals surface area contributed by atoms with Crippen molar-refractivity contribution in [3.63, 3.8) is 0 Å². The molecule has 2 saturated heterocycles. The molecule has 8 heteroatoms. The number of nitrogens with one attached hydrogen (secondary N) is 1. The number of ether oxygens (including phenoxy) is 1. The highest BCUT2D eigenvalue weighted by molar-refractivity contribution is 5.95. The van der Waals surface area contributed by atoms with Crippen LogP contribution in [0.2, 0.25) is 0 Å². The second kappa shape index (κ2) is 9.84. The summed E-state index contributed by atoms with van der Waals surface area (Å²) >= 11 is 0. The van der Waals surface area contributed by atoms with Crippen LogP contribution in [0.1, 0.15) is 25.3 Å². The molecular formula is C26H31N7O. The van der Waals surface area contributed by atoms with Crippen molar-refractivity contribution >= 4 is 28.1 Å². The summed E-state index contributed by atoms with van der Waals surface area (Å²) in [6, 6.07) is 14.6. The van der Waals surface area contributed by atoms with Gasteiger partial charge in [-0.1, -0.05) is 0 Å². The van der Waals surface area contributed by atoms with E-state index in [0.29, 0.717) is 17.4 Å². The molecule has 2 aliphatic rings. The van der Waals surface area contributed by atoms with Gasteiger partial charge in [0, 0.05) is 74.0 Å². The zero-order valence-electron chi connectivity index (χ0n) is 19.5. The number of hydrogen-bond donors (Lipinski definition) is 2. The van der Waals surface area contributed by atoms with Gasteiger partial charge in [-0.2, -0.15) is 5.26 Å². The lowest BCUT2D eigenvalue weighted by molar-refractivity contribution is -0.0161. The predicted octanol–water partition coefficient (Wildman–Crippen LogP) is 2.94. The number of piperidine rings is 1. The van der Waals surface area contributed by atoms with Gasteiger partial charge in [-0.05, 0) is 50.1 Å². The molecule has 0 unspecified atom stereocenters. The molecule has 0 bridgehead atoms. The van der Waals surface area contributed by atoms with Gasteiger partial charge in [-0.15, -0.1) is 0 Å². The maximum absolute atomic E-state index is 9.46. The lowest BCUT2D eigenvalue weighted by Crippen LogP contribution is -2.52. The maximum Gasteiger partial charge on any atom is 0.125 e. The summed E-state index contributed by atoms with van der Waals surface area (Å²) in [7, 11) is 0. The highest BCUT2D eigenvalue weighted by Crippen LogP contribution is 2.30. The smallest absolute Gasteiger partial charge is 0.125 e. The van der Waals surface area contributed by atoms with E-state index in [9.17, 15) is 5.26 Å². The van der Waals surface area contributed by atoms with E-state index in [-0.39, 0.29) is 12.2 Å². The SMILES string of the molecule is C[C@@H]1CN(c2ccc(C#N)c3ncccc23)C[C@H](CNC2CCN(c3ccnc(N)c3)CC2)O1. The van der Waals surface area contributed by atoms with E-state index in [1.807, 2.05) is 30.3 Å². The normalized spacial score (nSPS) is 21.5. The number of benzene rings is 1. The molecule has 3 aromatic rings. The second-order valence-electron chi connectivity index (χ2n) is 9.23. The minimum Gasteiger partial charge on any atom is -0.384 e. The number of pyridine rings is 2. The monoisotopic (exact) mass is 457 g/mol. The van der Waals surface area contributed by atoms with Crippen molar-refractivity contribution in [3.05, 3.63) is 54.4 Å². The van der Waals surface area contributed by atoms with E-state index in [2.05, 4.69) is 44.1 Å². The van der Waals surface area contributed by atoms with Gasteiger partial charge in [0.15, 0.2) is 0 Å². The third-order valence-electron chi connectivity index (χ3n) is 6.79. The van der Waals surface area contributed by atoms with Crippen LogP contribution in [0, 0.1) is 11.3 Å². The molecule has 0 amide bonds. The number of fused-ring (bicyclic) bond motifs is 1. The van der Waals surface area contributed by atoms with Gasteiger partial charge in [0.05, 0.1) is 23.3 Å². The zero-order valence-corrected chi connectivity index (χ0v) is 19.5. The molecule has 2 fully saturated rings. The number of nitriles is 1. The second-order valence-corrected chi connectivity index (χ2v) is 9.23. The van der Waals surface area contributed by atoms with Gasteiger partial charge in [0.2, 0.25) is 0 Å². The highest BCUT2D eigenvalue weighted by atomic mass is 16.5. The van der Waals surface area contributed by atoms with Crippen molar-refractivity contribution in [2.45, 2.75) is 38.0 Å². The maximum atomic E-state index is 9.46. The Labute approximate surface area is 200 Å². The number of anilines is 3. The first kappa shape index (κ1) is 22.4. The van der Waals surface area contributed by atoms with Crippen molar-refractivity contribution in [1.82, 2.24) is 15.3 Å². The number of nitrogen functional groups attached to an aromatic ring is 1. The fourth-order valence-corrected chi connectivity index (χ4v) is 5.15. The van der Waals surface area contributed by atoms with E-state index in [1.54, 1.807) is 12.4 Å². The van der Waals surface area contributed by atoms with Crippen molar-refractivity contribution in [2.75, 3.05) is 48.3 Å². The summed E-state index contributed by atoms with van der Waals surface area (Å²) < 4.78 is 6.29. The van der Waals surface area contributed by atoms with E-state index >= 15 is 0 Å². The lowest BCUT2D eigenvalue weighted by atomic mass is 10.0. The first-order valence-corrected chi connectivity index (χ1v) is 12.0. The largest absolute Gasteiger partial charge is 0.384 e. The number of rotatable bonds is 5. The van der Waals surface area contributed by atoms with Crippen LogP contribution < -0.4 is 20.9 Å². The Balaban J connectivity index is 1.20. The van der Waals surface area contributed by atoms with E-state index < -0.39 is 0 Å². The van der Waals surface area contributed by atoms with Crippen LogP contribution in [-0.2, 0) is 4.74 Å².